The summed E-state index contributed by atoms with van der Waals surface area (Å²) in [4.78, 5) is 5.13. The van der Waals surface area contributed by atoms with Gasteiger partial charge in [0, 0.05) is 6.54 Å². The van der Waals surface area contributed by atoms with Gasteiger partial charge in [-0.25, -0.2) is 5.48 Å². The van der Waals surface area contributed by atoms with Crippen molar-refractivity contribution in [2.75, 3.05) is 13.2 Å². The van der Waals surface area contributed by atoms with Gasteiger partial charge in [0.25, 0.3) is 0 Å². The van der Waals surface area contributed by atoms with E-state index in [1.165, 1.54) is 38.5 Å². The number of hydrogen-bond acceptors (Lipinski definition) is 2. The molecule has 0 aromatic rings. The van der Waals surface area contributed by atoms with Crippen molar-refractivity contribution < 1.29 is 4.84 Å². The van der Waals surface area contributed by atoms with Crippen LogP contribution in [0.1, 0.15) is 45.4 Å². The molecule has 0 amide bonds. The van der Waals surface area contributed by atoms with Crippen LogP contribution < -0.4 is 5.48 Å². The Labute approximate surface area is 75.6 Å². The van der Waals surface area contributed by atoms with E-state index in [0.29, 0.717) is 0 Å². The molecule has 0 aromatic carbocycles. The highest BCUT2D eigenvalue weighted by atomic mass is 16.6. The third-order valence-corrected chi connectivity index (χ3v) is 2.59. The molecule has 1 aliphatic rings. The predicted octanol–water partition coefficient (Wildman–Crippen LogP) is 2.50. The van der Waals surface area contributed by atoms with Gasteiger partial charge < -0.3 is 4.84 Å². The molecule has 0 bridgehead atoms. The van der Waals surface area contributed by atoms with E-state index in [9.17, 15) is 0 Å². The molecular formula is C10H21NO. The molecule has 2 nitrogen and oxygen atoms in total. The fourth-order valence-corrected chi connectivity index (χ4v) is 1.85. The van der Waals surface area contributed by atoms with Gasteiger partial charge in [0.1, 0.15) is 0 Å². The highest BCUT2D eigenvalue weighted by Gasteiger charge is 2.11. The minimum absolute atomic E-state index is 0.771. The van der Waals surface area contributed by atoms with Crippen molar-refractivity contribution in [1.82, 2.24) is 5.48 Å². The van der Waals surface area contributed by atoms with E-state index in [0.717, 1.165) is 19.1 Å². The summed E-state index contributed by atoms with van der Waals surface area (Å²) >= 11 is 0. The van der Waals surface area contributed by atoms with Gasteiger partial charge in [-0.2, -0.15) is 0 Å². The predicted molar refractivity (Wildman–Crippen MR) is 50.8 cm³/mol. The molecule has 0 spiro atoms. The van der Waals surface area contributed by atoms with E-state index in [-0.39, 0.29) is 0 Å². The maximum atomic E-state index is 5.13. The molecule has 1 saturated carbocycles. The normalized spacial score (nSPS) is 20.8. The van der Waals surface area contributed by atoms with Crippen LogP contribution in [0.4, 0.5) is 0 Å². The minimum atomic E-state index is 0.771. The smallest absolute Gasteiger partial charge is 0.0653 e. The van der Waals surface area contributed by atoms with Crippen molar-refractivity contribution in [3.63, 3.8) is 0 Å². The fourth-order valence-electron chi connectivity index (χ4n) is 1.85. The molecule has 1 aliphatic carbocycles. The van der Waals surface area contributed by atoms with Gasteiger partial charge in [-0.15, -0.1) is 0 Å². The van der Waals surface area contributed by atoms with Crippen molar-refractivity contribution in [3.05, 3.63) is 0 Å². The highest BCUT2D eigenvalue weighted by molar-refractivity contribution is 4.64. The Balaban J connectivity index is 2.04. The van der Waals surface area contributed by atoms with E-state index in [2.05, 4.69) is 5.48 Å². The molecule has 0 radical (unpaired) electrons. The number of hydrogen-bond donors (Lipinski definition) is 1. The Kier molecular flexibility index (Phi) is 5.37. The third kappa shape index (κ3) is 4.07. The molecule has 2 heteroatoms. The monoisotopic (exact) mass is 171 g/mol. The summed E-state index contributed by atoms with van der Waals surface area (Å²) in [6.07, 6.45) is 8.48. The quantitative estimate of drug-likeness (QED) is 0.398. The fraction of sp³-hybridized carbons (Fsp3) is 1.00. The van der Waals surface area contributed by atoms with Gasteiger partial charge in [0.2, 0.25) is 0 Å². The summed E-state index contributed by atoms with van der Waals surface area (Å²) in [5, 5.41) is 0. The van der Waals surface area contributed by atoms with Crippen LogP contribution in [0.3, 0.4) is 0 Å². The molecule has 1 fully saturated rings. The molecule has 72 valence electrons. The highest BCUT2D eigenvalue weighted by Crippen LogP contribution is 2.21. The third-order valence-electron chi connectivity index (χ3n) is 2.59. The number of rotatable bonds is 4. The Morgan fingerprint density at radius 1 is 1.17 bits per heavy atom. The van der Waals surface area contributed by atoms with Gasteiger partial charge in [0.05, 0.1) is 6.61 Å². The summed E-state index contributed by atoms with van der Waals surface area (Å²) in [5.41, 5.74) is 3.03. The first kappa shape index (κ1) is 10.0. The van der Waals surface area contributed by atoms with Crippen LogP contribution in [0.15, 0.2) is 0 Å². The van der Waals surface area contributed by atoms with E-state index < -0.39 is 0 Å². The molecule has 1 N–H and O–H groups in total. The molecule has 1 rings (SSSR count). The van der Waals surface area contributed by atoms with Gasteiger partial charge in [0.15, 0.2) is 0 Å². The topological polar surface area (TPSA) is 21.3 Å². The van der Waals surface area contributed by atoms with E-state index >= 15 is 0 Å². The average Bonchev–Trinajstić information content (AvgIpc) is 2.33. The van der Waals surface area contributed by atoms with E-state index in [1.54, 1.807) is 0 Å². The molecule has 12 heavy (non-hydrogen) atoms. The zero-order valence-electron chi connectivity index (χ0n) is 8.14. The van der Waals surface area contributed by atoms with Gasteiger partial charge in [-0.05, 0) is 25.7 Å². The van der Waals surface area contributed by atoms with Crippen molar-refractivity contribution in [2.45, 2.75) is 45.4 Å². The van der Waals surface area contributed by atoms with Crippen molar-refractivity contribution in [3.8, 4) is 0 Å². The first-order chi connectivity index (χ1) is 5.93. The molecule has 0 saturated heterocycles. The number of nitrogens with one attached hydrogen (secondary N) is 1. The van der Waals surface area contributed by atoms with Gasteiger partial charge >= 0.3 is 0 Å². The summed E-state index contributed by atoms with van der Waals surface area (Å²) in [7, 11) is 0. The van der Waals surface area contributed by atoms with Crippen LogP contribution in [0.2, 0.25) is 0 Å². The minimum Gasteiger partial charge on any atom is -0.302 e. The summed E-state index contributed by atoms with van der Waals surface area (Å²) in [6.45, 7) is 3.83. The Morgan fingerprint density at radius 3 is 2.42 bits per heavy atom. The summed E-state index contributed by atoms with van der Waals surface area (Å²) in [5.74, 6) is 0.860. The Morgan fingerprint density at radius 2 is 1.83 bits per heavy atom. The standard InChI is InChI=1S/C10H21NO/c1-2-12-11-9-10-7-5-3-4-6-8-10/h10-11H,2-9H2,1H3. The molecule has 0 atom stereocenters. The maximum absolute atomic E-state index is 5.13. The van der Waals surface area contributed by atoms with Crippen LogP contribution in [0.25, 0.3) is 0 Å². The summed E-state index contributed by atoms with van der Waals surface area (Å²) < 4.78 is 0. The average molecular weight is 171 g/mol. The first-order valence-electron chi connectivity index (χ1n) is 5.28. The molecular weight excluding hydrogens is 150 g/mol. The number of hydroxylamine groups is 1. The summed E-state index contributed by atoms with van der Waals surface area (Å²) in [6, 6.07) is 0. The van der Waals surface area contributed by atoms with Gasteiger partial charge in [-0.1, -0.05) is 25.7 Å². The molecule has 0 unspecified atom stereocenters. The lowest BCUT2D eigenvalue weighted by Crippen LogP contribution is -2.22. The van der Waals surface area contributed by atoms with Crippen LogP contribution in [0.5, 0.6) is 0 Å². The lowest BCUT2D eigenvalue weighted by Gasteiger charge is -2.13. The van der Waals surface area contributed by atoms with Crippen LogP contribution in [-0.2, 0) is 4.84 Å². The maximum Gasteiger partial charge on any atom is 0.0653 e. The molecule has 0 aliphatic heterocycles. The van der Waals surface area contributed by atoms with Crippen LogP contribution in [-0.4, -0.2) is 13.2 Å². The second-order valence-electron chi connectivity index (χ2n) is 3.64. The first-order valence-corrected chi connectivity index (χ1v) is 5.28. The molecule has 0 aromatic heterocycles. The van der Waals surface area contributed by atoms with Gasteiger partial charge in [-0.3, -0.25) is 0 Å². The largest absolute Gasteiger partial charge is 0.302 e. The van der Waals surface area contributed by atoms with Crippen molar-refractivity contribution >= 4 is 0 Å². The zero-order chi connectivity index (χ0) is 8.65. The van der Waals surface area contributed by atoms with Crippen LogP contribution >= 0.6 is 0 Å². The molecule has 0 heterocycles. The van der Waals surface area contributed by atoms with Crippen molar-refractivity contribution in [2.24, 2.45) is 5.92 Å². The lowest BCUT2D eigenvalue weighted by atomic mass is 10.0. The second-order valence-corrected chi connectivity index (χ2v) is 3.64. The van der Waals surface area contributed by atoms with E-state index in [1.807, 2.05) is 6.92 Å². The Hall–Kier alpha value is -0.0800. The second kappa shape index (κ2) is 6.44. The van der Waals surface area contributed by atoms with Crippen LogP contribution in [0, 0.1) is 5.92 Å². The SMILES string of the molecule is CCONCC1CCCCCC1. The zero-order valence-corrected chi connectivity index (χ0v) is 8.14. The Bertz CT molecular complexity index is 98.0. The lowest BCUT2D eigenvalue weighted by molar-refractivity contribution is 0.0400. The van der Waals surface area contributed by atoms with E-state index in [4.69, 9.17) is 4.84 Å². The van der Waals surface area contributed by atoms with Crippen molar-refractivity contribution in [1.29, 1.82) is 0 Å².